The summed E-state index contributed by atoms with van der Waals surface area (Å²) in [4.78, 5) is 40.3. The first-order valence-corrected chi connectivity index (χ1v) is 9.46. The first-order chi connectivity index (χ1) is 14.6. The van der Waals surface area contributed by atoms with Gasteiger partial charge < -0.3 is 15.6 Å². The van der Waals surface area contributed by atoms with Gasteiger partial charge in [-0.1, -0.05) is 60.7 Å². The lowest BCUT2D eigenvalue weighted by Crippen LogP contribution is -2.35. The van der Waals surface area contributed by atoms with E-state index in [4.69, 9.17) is 0 Å². The SMILES string of the molecule is O=C(CNC(=O)c1c[nH]c2ccccc2c1=O)Nc1ccccc1-c1ccccc1. The molecule has 0 atom stereocenters. The Balaban J connectivity index is 1.46. The van der Waals surface area contributed by atoms with Gasteiger partial charge in [0.1, 0.15) is 5.56 Å². The van der Waals surface area contributed by atoms with E-state index in [1.807, 2.05) is 48.5 Å². The third kappa shape index (κ3) is 3.98. The van der Waals surface area contributed by atoms with Crippen molar-refractivity contribution in [3.05, 3.63) is 101 Å². The van der Waals surface area contributed by atoms with Crippen molar-refractivity contribution >= 4 is 28.4 Å². The summed E-state index contributed by atoms with van der Waals surface area (Å²) in [5.74, 6) is -0.988. The van der Waals surface area contributed by atoms with Crippen molar-refractivity contribution in [2.75, 3.05) is 11.9 Å². The van der Waals surface area contributed by atoms with E-state index in [0.29, 0.717) is 16.6 Å². The van der Waals surface area contributed by atoms with Crippen molar-refractivity contribution in [2.24, 2.45) is 0 Å². The Bertz CT molecular complexity index is 1280. The molecule has 0 spiro atoms. The Morgan fingerprint density at radius 3 is 2.37 bits per heavy atom. The van der Waals surface area contributed by atoms with Gasteiger partial charge in [-0.05, 0) is 23.8 Å². The maximum absolute atomic E-state index is 12.5. The van der Waals surface area contributed by atoms with Gasteiger partial charge in [-0.2, -0.15) is 0 Å². The number of nitrogens with one attached hydrogen (secondary N) is 3. The summed E-state index contributed by atoms with van der Waals surface area (Å²) >= 11 is 0. The molecule has 3 N–H and O–H groups in total. The van der Waals surface area contributed by atoms with E-state index < -0.39 is 5.91 Å². The fourth-order valence-corrected chi connectivity index (χ4v) is 3.25. The van der Waals surface area contributed by atoms with Gasteiger partial charge in [-0.3, -0.25) is 14.4 Å². The van der Waals surface area contributed by atoms with Crippen LogP contribution in [0.15, 0.2) is 89.9 Å². The standard InChI is InChI=1S/C24H19N3O3/c28-22(27-21-13-7-4-10-17(21)16-8-2-1-3-9-16)15-26-24(30)19-14-25-20-12-6-5-11-18(20)23(19)29/h1-14H,15H2,(H,25,29)(H,26,30)(H,27,28). The quantitative estimate of drug-likeness (QED) is 0.481. The Morgan fingerprint density at radius 2 is 1.53 bits per heavy atom. The molecule has 6 heteroatoms. The minimum absolute atomic E-state index is 0.0359. The molecule has 1 heterocycles. The Kier molecular flexibility index (Phi) is 5.39. The molecule has 4 aromatic rings. The maximum atomic E-state index is 12.5. The van der Waals surface area contributed by atoms with Gasteiger partial charge >= 0.3 is 0 Å². The highest BCUT2D eigenvalue weighted by Crippen LogP contribution is 2.27. The minimum Gasteiger partial charge on any atom is -0.360 e. The molecule has 0 aliphatic rings. The largest absolute Gasteiger partial charge is 0.360 e. The third-order valence-electron chi connectivity index (χ3n) is 4.73. The molecule has 2 amide bonds. The van der Waals surface area contributed by atoms with E-state index in [0.717, 1.165) is 11.1 Å². The van der Waals surface area contributed by atoms with Crippen LogP contribution >= 0.6 is 0 Å². The van der Waals surface area contributed by atoms with Crippen molar-refractivity contribution in [2.45, 2.75) is 0 Å². The summed E-state index contributed by atoms with van der Waals surface area (Å²) in [6.07, 6.45) is 1.36. The van der Waals surface area contributed by atoms with Gasteiger partial charge in [0.25, 0.3) is 5.91 Å². The second-order valence-electron chi connectivity index (χ2n) is 6.72. The second-order valence-corrected chi connectivity index (χ2v) is 6.72. The number of rotatable bonds is 5. The molecule has 0 fully saturated rings. The first-order valence-electron chi connectivity index (χ1n) is 9.46. The molecule has 0 aliphatic heterocycles. The molecule has 0 aliphatic carbocycles. The van der Waals surface area contributed by atoms with Crippen molar-refractivity contribution in [3.63, 3.8) is 0 Å². The van der Waals surface area contributed by atoms with Crippen LogP contribution in [0.3, 0.4) is 0 Å². The van der Waals surface area contributed by atoms with Crippen LogP contribution in [0, 0.1) is 0 Å². The number of fused-ring (bicyclic) bond motifs is 1. The molecule has 3 aromatic carbocycles. The molecule has 0 unspecified atom stereocenters. The Labute approximate surface area is 172 Å². The minimum atomic E-state index is -0.603. The number of H-pyrrole nitrogens is 1. The highest BCUT2D eigenvalue weighted by atomic mass is 16.2. The summed E-state index contributed by atoms with van der Waals surface area (Å²) in [5.41, 5.74) is 2.73. The normalized spacial score (nSPS) is 10.5. The van der Waals surface area contributed by atoms with Crippen molar-refractivity contribution < 1.29 is 9.59 Å². The Morgan fingerprint density at radius 1 is 0.833 bits per heavy atom. The number of aromatic nitrogens is 1. The van der Waals surface area contributed by atoms with Gasteiger partial charge in [0.15, 0.2) is 0 Å². The van der Waals surface area contributed by atoms with Crippen LogP contribution in [0.5, 0.6) is 0 Å². The van der Waals surface area contributed by atoms with E-state index in [1.54, 1.807) is 30.3 Å². The summed E-state index contributed by atoms with van der Waals surface area (Å²) in [6, 6.07) is 24.1. The lowest BCUT2D eigenvalue weighted by atomic mass is 10.0. The number of carbonyl (C=O) groups is 2. The van der Waals surface area contributed by atoms with Crippen molar-refractivity contribution in [1.82, 2.24) is 10.3 Å². The molecule has 1 aromatic heterocycles. The van der Waals surface area contributed by atoms with E-state index in [9.17, 15) is 14.4 Å². The number of carbonyl (C=O) groups excluding carboxylic acids is 2. The molecule has 0 radical (unpaired) electrons. The van der Waals surface area contributed by atoms with Gasteiger partial charge in [-0.25, -0.2) is 0 Å². The number of amides is 2. The van der Waals surface area contributed by atoms with Gasteiger partial charge in [0.05, 0.1) is 6.54 Å². The van der Waals surface area contributed by atoms with Gasteiger partial charge in [0, 0.05) is 28.4 Å². The molecule has 0 saturated heterocycles. The number of para-hydroxylation sites is 2. The zero-order chi connectivity index (χ0) is 20.9. The molecule has 0 saturated carbocycles. The zero-order valence-electron chi connectivity index (χ0n) is 16.0. The fraction of sp³-hybridized carbons (Fsp3) is 0.0417. The lowest BCUT2D eigenvalue weighted by molar-refractivity contribution is -0.115. The summed E-state index contributed by atoms with van der Waals surface area (Å²) in [6.45, 7) is -0.256. The van der Waals surface area contributed by atoms with Crippen LogP contribution in [0.4, 0.5) is 5.69 Å². The van der Waals surface area contributed by atoms with Gasteiger partial charge in [0.2, 0.25) is 11.3 Å². The van der Waals surface area contributed by atoms with Crippen molar-refractivity contribution in [3.8, 4) is 11.1 Å². The highest BCUT2D eigenvalue weighted by molar-refractivity contribution is 6.02. The first kappa shape index (κ1) is 19.1. The van der Waals surface area contributed by atoms with Crippen LogP contribution in [0.25, 0.3) is 22.0 Å². The van der Waals surface area contributed by atoms with E-state index >= 15 is 0 Å². The van der Waals surface area contributed by atoms with Crippen LogP contribution in [-0.2, 0) is 4.79 Å². The van der Waals surface area contributed by atoms with Crippen LogP contribution in [0.1, 0.15) is 10.4 Å². The second kappa shape index (κ2) is 8.45. The molecule has 148 valence electrons. The predicted molar refractivity (Wildman–Crippen MR) is 117 cm³/mol. The number of hydrogen-bond donors (Lipinski definition) is 3. The van der Waals surface area contributed by atoms with E-state index in [1.165, 1.54) is 6.20 Å². The molecule has 0 bridgehead atoms. The number of hydrogen-bond acceptors (Lipinski definition) is 3. The molecule has 4 rings (SSSR count). The van der Waals surface area contributed by atoms with Gasteiger partial charge in [-0.15, -0.1) is 0 Å². The molecular weight excluding hydrogens is 378 g/mol. The number of benzene rings is 3. The third-order valence-corrected chi connectivity index (χ3v) is 4.73. The van der Waals surface area contributed by atoms with Crippen LogP contribution < -0.4 is 16.1 Å². The predicted octanol–water partition coefficient (Wildman–Crippen LogP) is 3.56. The molecule has 6 nitrogen and oxygen atoms in total. The van der Waals surface area contributed by atoms with E-state index in [2.05, 4.69) is 15.6 Å². The average molecular weight is 397 g/mol. The topological polar surface area (TPSA) is 91.1 Å². The fourth-order valence-electron chi connectivity index (χ4n) is 3.25. The number of anilines is 1. The van der Waals surface area contributed by atoms with Crippen LogP contribution in [0.2, 0.25) is 0 Å². The average Bonchev–Trinajstić information content (AvgIpc) is 2.79. The summed E-state index contributed by atoms with van der Waals surface area (Å²) in [5, 5.41) is 5.76. The summed E-state index contributed by atoms with van der Waals surface area (Å²) < 4.78 is 0. The smallest absolute Gasteiger partial charge is 0.257 e. The highest BCUT2D eigenvalue weighted by Gasteiger charge is 2.14. The Hall–Kier alpha value is -4.19. The molecular formula is C24H19N3O3. The molecule has 30 heavy (non-hydrogen) atoms. The monoisotopic (exact) mass is 397 g/mol. The number of pyridine rings is 1. The maximum Gasteiger partial charge on any atom is 0.257 e. The summed E-state index contributed by atoms with van der Waals surface area (Å²) in [7, 11) is 0. The zero-order valence-corrected chi connectivity index (χ0v) is 16.0. The van der Waals surface area contributed by atoms with Crippen molar-refractivity contribution in [1.29, 1.82) is 0 Å². The number of aromatic amines is 1. The van der Waals surface area contributed by atoms with E-state index in [-0.39, 0.29) is 23.4 Å². The van der Waals surface area contributed by atoms with Crippen LogP contribution in [-0.4, -0.2) is 23.3 Å². The lowest BCUT2D eigenvalue weighted by Gasteiger charge is -2.12.